The highest BCUT2D eigenvalue weighted by Gasteiger charge is 2.40. The molecule has 0 aliphatic carbocycles. The average Bonchev–Trinajstić information content (AvgIpc) is 2.82. The molecular weight excluding hydrogens is 420 g/mol. The van der Waals surface area contributed by atoms with Crippen LogP contribution in [-0.2, 0) is 9.59 Å². The van der Waals surface area contributed by atoms with Crippen LogP contribution in [0, 0.1) is 0 Å². The monoisotopic (exact) mass is 450 g/mol. The van der Waals surface area contributed by atoms with E-state index >= 15 is 0 Å². The standard InChI is InChI=1S/C25H30N4O4/c1-4-33-22-11-6-5-9-18(22)26-23(30)16-29-21-15-17(24(31)27(2)3)12-13-19(21)28-14-8-7-10-20(28)25(29)32/h5-6,9,11-13,15,20H,4,7-8,10,14,16H2,1-3H3,(H,26,30)/t20-/m1/s1. The second kappa shape index (κ2) is 9.52. The molecule has 2 aromatic carbocycles. The van der Waals surface area contributed by atoms with Crippen molar-refractivity contribution in [3.8, 4) is 5.75 Å². The van der Waals surface area contributed by atoms with E-state index in [2.05, 4.69) is 10.2 Å². The van der Waals surface area contributed by atoms with E-state index in [4.69, 9.17) is 4.74 Å². The maximum atomic E-state index is 13.5. The van der Waals surface area contributed by atoms with Crippen LogP contribution in [0.3, 0.4) is 0 Å². The fourth-order valence-corrected chi connectivity index (χ4v) is 4.50. The van der Waals surface area contributed by atoms with Gasteiger partial charge in [-0.2, -0.15) is 0 Å². The van der Waals surface area contributed by atoms with E-state index < -0.39 is 0 Å². The largest absolute Gasteiger partial charge is 0.492 e. The number of para-hydroxylation sites is 2. The topological polar surface area (TPSA) is 82.2 Å². The molecule has 2 aliphatic heterocycles. The van der Waals surface area contributed by atoms with Crippen LogP contribution >= 0.6 is 0 Å². The lowest BCUT2D eigenvalue weighted by Gasteiger charge is -2.45. The summed E-state index contributed by atoms with van der Waals surface area (Å²) in [7, 11) is 3.38. The Morgan fingerprint density at radius 2 is 1.91 bits per heavy atom. The third-order valence-corrected chi connectivity index (χ3v) is 6.05. The summed E-state index contributed by atoms with van der Waals surface area (Å²) in [4.78, 5) is 44.2. The highest BCUT2D eigenvalue weighted by Crippen LogP contribution is 2.40. The Hall–Kier alpha value is -3.55. The fourth-order valence-electron chi connectivity index (χ4n) is 4.50. The lowest BCUT2D eigenvalue weighted by atomic mass is 9.95. The maximum Gasteiger partial charge on any atom is 0.253 e. The zero-order chi connectivity index (χ0) is 23.5. The highest BCUT2D eigenvalue weighted by molar-refractivity contribution is 6.11. The van der Waals surface area contributed by atoms with E-state index in [0.717, 1.165) is 31.5 Å². The zero-order valence-corrected chi connectivity index (χ0v) is 19.3. The van der Waals surface area contributed by atoms with Crippen molar-refractivity contribution in [3.05, 3.63) is 48.0 Å². The number of fused-ring (bicyclic) bond motifs is 3. The summed E-state index contributed by atoms with van der Waals surface area (Å²) < 4.78 is 5.60. The Labute approximate surface area is 194 Å². The van der Waals surface area contributed by atoms with Crippen LogP contribution in [0.2, 0.25) is 0 Å². The summed E-state index contributed by atoms with van der Waals surface area (Å²) in [6.45, 7) is 3.00. The summed E-state index contributed by atoms with van der Waals surface area (Å²) in [6, 6.07) is 12.3. The van der Waals surface area contributed by atoms with Crippen molar-refractivity contribution >= 4 is 34.8 Å². The number of anilines is 3. The van der Waals surface area contributed by atoms with Crippen LogP contribution in [0.15, 0.2) is 42.5 Å². The van der Waals surface area contributed by atoms with Gasteiger partial charge in [0, 0.05) is 26.2 Å². The third-order valence-electron chi connectivity index (χ3n) is 6.05. The molecule has 3 amide bonds. The van der Waals surface area contributed by atoms with Gasteiger partial charge in [0.25, 0.3) is 5.91 Å². The number of benzene rings is 2. The van der Waals surface area contributed by atoms with Gasteiger partial charge in [-0.25, -0.2) is 0 Å². The Morgan fingerprint density at radius 3 is 2.67 bits per heavy atom. The van der Waals surface area contributed by atoms with E-state index in [-0.39, 0.29) is 30.3 Å². The molecule has 8 heteroatoms. The molecule has 0 unspecified atom stereocenters. The van der Waals surface area contributed by atoms with Gasteiger partial charge in [-0.1, -0.05) is 12.1 Å². The average molecular weight is 451 g/mol. The molecule has 1 fully saturated rings. The van der Waals surface area contributed by atoms with Crippen LogP contribution in [0.5, 0.6) is 5.75 Å². The zero-order valence-electron chi connectivity index (χ0n) is 19.3. The number of piperidine rings is 1. The van der Waals surface area contributed by atoms with E-state index in [0.29, 0.717) is 29.3 Å². The van der Waals surface area contributed by atoms with Gasteiger partial charge < -0.3 is 19.9 Å². The molecule has 2 aromatic rings. The minimum absolute atomic E-state index is 0.107. The van der Waals surface area contributed by atoms with E-state index in [9.17, 15) is 14.4 Å². The number of ether oxygens (including phenoxy) is 1. The first-order chi connectivity index (χ1) is 15.9. The van der Waals surface area contributed by atoms with Crippen LogP contribution in [0.25, 0.3) is 0 Å². The van der Waals surface area contributed by atoms with Crippen molar-refractivity contribution in [2.75, 3.05) is 48.9 Å². The van der Waals surface area contributed by atoms with Gasteiger partial charge in [-0.3, -0.25) is 19.3 Å². The van der Waals surface area contributed by atoms with Gasteiger partial charge in [-0.05, 0) is 56.5 Å². The van der Waals surface area contributed by atoms with Crippen molar-refractivity contribution in [2.45, 2.75) is 32.2 Å². The molecule has 4 rings (SSSR count). The smallest absolute Gasteiger partial charge is 0.253 e. The van der Waals surface area contributed by atoms with Gasteiger partial charge in [-0.15, -0.1) is 0 Å². The van der Waals surface area contributed by atoms with Crippen LogP contribution in [-0.4, -0.2) is 62.5 Å². The summed E-state index contributed by atoms with van der Waals surface area (Å²) >= 11 is 0. The number of carbonyl (C=O) groups excluding carboxylic acids is 3. The SMILES string of the molecule is CCOc1ccccc1NC(=O)CN1C(=O)[C@H]2CCCCN2c2ccc(C(=O)N(C)C)cc21. The van der Waals surface area contributed by atoms with E-state index in [1.54, 1.807) is 38.4 Å². The molecule has 8 nitrogen and oxygen atoms in total. The minimum Gasteiger partial charge on any atom is -0.492 e. The summed E-state index contributed by atoms with van der Waals surface area (Å²) in [5, 5.41) is 2.88. The number of amides is 3. The quantitative estimate of drug-likeness (QED) is 0.731. The van der Waals surface area contributed by atoms with Gasteiger partial charge in [0.2, 0.25) is 11.8 Å². The van der Waals surface area contributed by atoms with Gasteiger partial charge in [0.1, 0.15) is 18.3 Å². The number of hydrogen-bond donors (Lipinski definition) is 1. The molecule has 2 aliphatic rings. The van der Waals surface area contributed by atoms with Crippen molar-refractivity contribution in [1.82, 2.24) is 4.90 Å². The Morgan fingerprint density at radius 1 is 1.12 bits per heavy atom. The van der Waals surface area contributed by atoms with Gasteiger partial charge in [0.05, 0.1) is 23.7 Å². The molecule has 0 radical (unpaired) electrons. The summed E-state index contributed by atoms with van der Waals surface area (Å²) in [5.41, 5.74) is 2.52. The van der Waals surface area contributed by atoms with E-state index in [1.807, 2.05) is 25.1 Å². The van der Waals surface area contributed by atoms with Crippen LogP contribution in [0.1, 0.15) is 36.5 Å². The second-order valence-corrected chi connectivity index (χ2v) is 8.51. The van der Waals surface area contributed by atoms with Crippen LogP contribution < -0.4 is 19.9 Å². The van der Waals surface area contributed by atoms with Gasteiger partial charge in [0.15, 0.2) is 0 Å². The number of nitrogens with one attached hydrogen (secondary N) is 1. The number of hydrogen-bond acceptors (Lipinski definition) is 5. The first-order valence-corrected chi connectivity index (χ1v) is 11.4. The summed E-state index contributed by atoms with van der Waals surface area (Å²) in [5.74, 6) is -0.00273. The first kappa shape index (κ1) is 22.6. The molecular formula is C25H30N4O4. The van der Waals surface area contributed by atoms with Crippen molar-refractivity contribution in [1.29, 1.82) is 0 Å². The number of rotatable bonds is 6. The molecule has 1 N–H and O–H groups in total. The fraction of sp³-hybridized carbons (Fsp3) is 0.400. The molecule has 0 bridgehead atoms. The Kier molecular flexibility index (Phi) is 6.53. The first-order valence-electron chi connectivity index (χ1n) is 11.4. The van der Waals surface area contributed by atoms with Crippen LogP contribution in [0.4, 0.5) is 17.1 Å². The lowest BCUT2D eigenvalue weighted by Crippen LogP contribution is -2.56. The summed E-state index contributed by atoms with van der Waals surface area (Å²) in [6.07, 6.45) is 2.74. The Bertz CT molecular complexity index is 1070. The molecule has 0 spiro atoms. The predicted octanol–water partition coefficient (Wildman–Crippen LogP) is 3.13. The number of carbonyl (C=O) groups is 3. The van der Waals surface area contributed by atoms with Crippen molar-refractivity contribution in [2.24, 2.45) is 0 Å². The maximum absolute atomic E-state index is 13.5. The second-order valence-electron chi connectivity index (χ2n) is 8.51. The number of nitrogens with zero attached hydrogens (tertiary/aromatic N) is 3. The molecule has 1 atom stereocenters. The predicted molar refractivity (Wildman–Crippen MR) is 128 cm³/mol. The van der Waals surface area contributed by atoms with Crippen molar-refractivity contribution in [3.63, 3.8) is 0 Å². The molecule has 174 valence electrons. The molecule has 1 saturated heterocycles. The molecule has 2 heterocycles. The Balaban J connectivity index is 1.65. The molecule has 0 aromatic heterocycles. The highest BCUT2D eigenvalue weighted by atomic mass is 16.5. The van der Waals surface area contributed by atoms with Crippen molar-refractivity contribution < 1.29 is 19.1 Å². The molecule has 33 heavy (non-hydrogen) atoms. The van der Waals surface area contributed by atoms with E-state index in [1.165, 1.54) is 9.80 Å². The third kappa shape index (κ3) is 4.51. The molecule has 0 saturated carbocycles. The normalized spacial score (nSPS) is 17.2. The lowest BCUT2D eigenvalue weighted by molar-refractivity contribution is -0.123. The van der Waals surface area contributed by atoms with Gasteiger partial charge >= 0.3 is 0 Å². The minimum atomic E-state index is -0.324.